The highest BCUT2D eigenvalue weighted by Gasteiger charge is 2.54. The number of nitrogens with zero attached hydrogens (tertiary/aromatic N) is 3. The molecule has 5 heteroatoms. The van der Waals surface area contributed by atoms with Crippen molar-refractivity contribution in [3.63, 3.8) is 0 Å². The molecule has 4 nitrogen and oxygen atoms in total. The summed E-state index contributed by atoms with van der Waals surface area (Å²) >= 11 is 0. The number of hydrogen-bond acceptors (Lipinski definition) is 3. The minimum atomic E-state index is -0.228. The standard InChI is InChI=1S/C21H24FN3O/c1-20(2)14-21(15-25(20)18-8-3-7-17(22)12-18)9-5-11-24(21)19(26)16-6-4-10-23-13-16/h3-4,6-8,10,12-13H,5,9,11,14-15H2,1-2H3. The summed E-state index contributed by atoms with van der Waals surface area (Å²) in [5.41, 5.74) is 1.16. The van der Waals surface area contributed by atoms with Crippen LogP contribution in [0.4, 0.5) is 10.1 Å². The maximum atomic E-state index is 13.8. The first-order valence-electron chi connectivity index (χ1n) is 9.17. The predicted octanol–water partition coefficient (Wildman–Crippen LogP) is 3.88. The van der Waals surface area contributed by atoms with Gasteiger partial charge < -0.3 is 9.80 Å². The molecule has 136 valence electrons. The molecule has 1 unspecified atom stereocenters. The monoisotopic (exact) mass is 353 g/mol. The van der Waals surface area contributed by atoms with Crippen LogP contribution in [0.25, 0.3) is 0 Å². The zero-order chi connectivity index (χ0) is 18.4. The summed E-state index contributed by atoms with van der Waals surface area (Å²) in [6, 6.07) is 10.4. The van der Waals surface area contributed by atoms with Gasteiger partial charge in [0.1, 0.15) is 5.82 Å². The number of carbonyl (C=O) groups excluding carboxylic acids is 1. The Labute approximate surface area is 153 Å². The van der Waals surface area contributed by atoms with Crippen molar-refractivity contribution in [3.05, 3.63) is 60.2 Å². The molecule has 1 spiro atoms. The minimum Gasteiger partial charge on any atom is -0.364 e. The molecular weight excluding hydrogens is 329 g/mol. The first-order valence-corrected chi connectivity index (χ1v) is 9.17. The molecule has 0 radical (unpaired) electrons. The van der Waals surface area contributed by atoms with E-state index in [9.17, 15) is 9.18 Å². The van der Waals surface area contributed by atoms with Gasteiger partial charge in [-0.1, -0.05) is 6.07 Å². The lowest BCUT2D eigenvalue weighted by Gasteiger charge is -2.35. The van der Waals surface area contributed by atoms with E-state index in [0.717, 1.165) is 38.0 Å². The molecule has 2 saturated heterocycles. The summed E-state index contributed by atoms with van der Waals surface area (Å²) in [5.74, 6) is -0.179. The number of carbonyl (C=O) groups is 1. The Balaban J connectivity index is 1.67. The first kappa shape index (κ1) is 17.0. The van der Waals surface area contributed by atoms with Crippen LogP contribution in [0.15, 0.2) is 48.8 Å². The van der Waals surface area contributed by atoms with Gasteiger partial charge in [-0.25, -0.2) is 4.39 Å². The van der Waals surface area contributed by atoms with Crippen molar-refractivity contribution in [1.82, 2.24) is 9.88 Å². The lowest BCUT2D eigenvalue weighted by molar-refractivity contribution is 0.0617. The molecule has 26 heavy (non-hydrogen) atoms. The fourth-order valence-corrected chi connectivity index (χ4v) is 4.80. The van der Waals surface area contributed by atoms with Gasteiger partial charge in [0.05, 0.1) is 11.1 Å². The van der Waals surface area contributed by atoms with Crippen molar-refractivity contribution in [1.29, 1.82) is 0 Å². The van der Waals surface area contributed by atoms with Crippen molar-refractivity contribution in [3.8, 4) is 0 Å². The van der Waals surface area contributed by atoms with Crippen LogP contribution in [-0.2, 0) is 0 Å². The van der Waals surface area contributed by atoms with Crippen LogP contribution in [0.3, 0.4) is 0 Å². The number of aromatic nitrogens is 1. The molecule has 0 aliphatic carbocycles. The molecule has 2 aliphatic rings. The van der Waals surface area contributed by atoms with E-state index < -0.39 is 0 Å². The Bertz CT molecular complexity index is 823. The molecule has 4 rings (SSSR count). The third kappa shape index (κ3) is 2.75. The molecule has 1 atom stereocenters. The molecule has 0 saturated carbocycles. The Kier molecular flexibility index (Phi) is 3.98. The second-order valence-electron chi connectivity index (χ2n) is 8.08. The van der Waals surface area contributed by atoms with E-state index in [-0.39, 0.29) is 22.8 Å². The highest BCUT2D eigenvalue weighted by molar-refractivity contribution is 5.94. The maximum Gasteiger partial charge on any atom is 0.255 e. The average Bonchev–Trinajstić information content (AvgIpc) is 3.14. The van der Waals surface area contributed by atoms with E-state index in [1.54, 1.807) is 30.6 Å². The lowest BCUT2D eigenvalue weighted by Crippen LogP contribution is -2.49. The first-order chi connectivity index (χ1) is 12.4. The van der Waals surface area contributed by atoms with Gasteiger partial charge in [0.2, 0.25) is 0 Å². The van der Waals surface area contributed by atoms with Gasteiger partial charge in [0.15, 0.2) is 0 Å². The smallest absolute Gasteiger partial charge is 0.255 e. The highest BCUT2D eigenvalue weighted by atomic mass is 19.1. The number of rotatable bonds is 2. The van der Waals surface area contributed by atoms with Crippen LogP contribution in [-0.4, -0.2) is 40.0 Å². The minimum absolute atomic E-state index is 0.0486. The number of pyridine rings is 1. The van der Waals surface area contributed by atoms with Gasteiger partial charge >= 0.3 is 0 Å². The Morgan fingerprint density at radius 1 is 1.23 bits per heavy atom. The van der Waals surface area contributed by atoms with Gasteiger partial charge in [0, 0.05) is 36.7 Å². The zero-order valence-electron chi connectivity index (χ0n) is 15.3. The lowest BCUT2D eigenvalue weighted by atomic mass is 9.87. The summed E-state index contributed by atoms with van der Waals surface area (Å²) in [5, 5.41) is 0. The fourth-order valence-electron chi connectivity index (χ4n) is 4.80. The molecule has 2 fully saturated rings. The number of anilines is 1. The van der Waals surface area contributed by atoms with Crippen LogP contribution in [0.5, 0.6) is 0 Å². The Morgan fingerprint density at radius 3 is 2.81 bits per heavy atom. The van der Waals surface area contributed by atoms with Crippen molar-refractivity contribution in [2.45, 2.75) is 44.2 Å². The summed E-state index contributed by atoms with van der Waals surface area (Å²) in [6.07, 6.45) is 6.18. The van der Waals surface area contributed by atoms with Crippen molar-refractivity contribution >= 4 is 11.6 Å². The van der Waals surface area contributed by atoms with Gasteiger partial charge in [-0.3, -0.25) is 9.78 Å². The van der Waals surface area contributed by atoms with Gasteiger partial charge in [-0.2, -0.15) is 0 Å². The Hall–Kier alpha value is -2.43. The SMILES string of the molecule is CC1(C)CC2(CCCN2C(=O)c2cccnc2)CN1c1cccc(F)c1. The van der Waals surface area contributed by atoms with E-state index >= 15 is 0 Å². The molecule has 2 aliphatic heterocycles. The van der Waals surface area contributed by atoms with E-state index in [0.29, 0.717) is 5.56 Å². The van der Waals surface area contributed by atoms with Crippen molar-refractivity contribution in [2.24, 2.45) is 0 Å². The second kappa shape index (κ2) is 6.08. The van der Waals surface area contributed by atoms with Crippen LogP contribution < -0.4 is 4.90 Å². The van der Waals surface area contributed by atoms with E-state index in [1.807, 2.05) is 17.0 Å². The molecule has 1 amide bonds. The summed E-state index contributed by atoms with van der Waals surface area (Å²) in [4.78, 5) is 21.5. The van der Waals surface area contributed by atoms with E-state index in [1.165, 1.54) is 6.07 Å². The Morgan fingerprint density at radius 2 is 2.08 bits per heavy atom. The van der Waals surface area contributed by atoms with Crippen LogP contribution in [0.1, 0.15) is 43.5 Å². The molecule has 1 aromatic heterocycles. The van der Waals surface area contributed by atoms with Gasteiger partial charge in [-0.05, 0) is 63.4 Å². The zero-order valence-corrected chi connectivity index (χ0v) is 15.3. The second-order valence-corrected chi connectivity index (χ2v) is 8.08. The number of hydrogen-bond donors (Lipinski definition) is 0. The quantitative estimate of drug-likeness (QED) is 0.822. The third-order valence-electron chi connectivity index (χ3n) is 5.81. The molecule has 1 aromatic carbocycles. The van der Waals surface area contributed by atoms with Crippen LogP contribution in [0.2, 0.25) is 0 Å². The van der Waals surface area contributed by atoms with E-state index in [4.69, 9.17) is 0 Å². The third-order valence-corrected chi connectivity index (χ3v) is 5.81. The van der Waals surface area contributed by atoms with Gasteiger partial charge in [0.25, 0.3) is 5.91 Å². The average molecular weight is 353 g/mol. The summed E-state index contributed by atoms with van der Waals surface area (Å²) in [7, 11) is 0. The molecule has 3 heterocycles. The summed E-state index contributed by atoms with van der Waals surface area (Å²) < 4.78 is 13.8. The van der Waals surface area contributed by atoms with Crippen molar-refractivity contribution in [2.75, 3.05) is 18.0 Å². The largest absolute Gasteiger partial charge is 0.364 e. The van der Waals surface area contributed by atoms with Crippen LogP contribution in [0, 0.1) is 5.82 Å². The topological polar surface area (TPSA) is 36.4 Å². The molecule has 2 aromatic rings. The molecule has 0 bridgehead atoms. The molecular formula is C21H24FN3O. The molecule has 0 N–H and O–H groups in total. The van der Waals surface area contributed by atoms with Crippen molar-refractivity contribution < 1.29 is 9.18 Å². The van der Waals surface area contributed by atoms with E-state index in [2.05, 4.69) is 23.7 Å². The number of amides is 1. The fraction of sp³-hybridized carbons (Fsp3) is 0.429. The number of halogens is 1. The number of benzene rings is 1. The highest BCUT2D eigenvalue weighted by Crippen LogP contribution is 2.47. The number of likely N-dealkylation sites (tertiary alicyclic amines) is 1. The maximum absolute atomic E-state index is 13.8. The summed E-state index contributed by atoms with van der Waals surface area (Å²) in [6.45, 7) is 5.85. The van der Waals surface area contributed by atoms with Crippen LogP contribution >= 0.6 is 0 Å². The predicted molar refractivity (Wildman–Crippen MR) is 99.7 cm³/mol. The van der Waals surface area contributed by atoms with Gasteiger partial charge in [-0.15, -0.1) is 0 Å². The normalized spacial score (nSPS) is 24.4.